The molecule has 2 aromatic carbocycles. The highest BCUT2D eigenvalue weighted by atomic mass is 16.5. The topological polar surface area (TPSA) is 115 Å². The number of imide groups is 1. The Morgan fingerprint density at radius 2 is 1.67 bits per heavy atom. The minimum Gasteiger partial charge on any atom is -0.467 e. The van der Waals surface area contributed by atoms with E-state index in [0.717, 1.165) is 11.3 Å². The van der Waals surface area contributed by atoms with Gasteiger partial charge in [0.15, 0.2) is 6.61 Å². The van der Waals surface area contributed by atoms with Gasteiger partial charge >= 0.3 is 12.0 Å². The molecule has 2 N–H and O–H groups in total. The number of furan rings is 1. The third-order valence-corrected chi connectivity index (χ3v) is 4.59. The van der Waals surface area contributed by atoms with Crippen LogP contribution in [-0.2, 0) is 16.1 Å². The van der Waals surface area contributed by atoms with E-state index in [-0.39, 0.29) is 12.1 Å². The third kappa shape index (κ3) is 5.53. The lowest BCUT2D eigenvalue weighted by Crippen LogP contribution is -2.41. The highest BCUT2D eigenvalue weighted by Crippen LogP contribution is 2.24. The van der Waals surface area contributed by atoms with E-state index >= 15 is 0 Å². The maximum absolute atomic E-state index is 12.8. The normalized spacial score (nSPS) is 10.4. The van der Waals surface area contributed by atoms with Crippen LogP contribution in [0.1, 0.15) is 16.1 Å². The van der Waals surface area contributed by atoms with Crippen molar-refractivity contribution in [1.82, 2.24) is 20.4 Å². The molecule has 0 saturated carbocycles. The van der Waals surface area contributed by atoms with Gasteiger partial charge in [0.05, 0.1) is 18.5 Å². The Bertz CT molecular complexity index is 1230. The molecule has 9 heteroatoms. The zero-order valence-corrected chi connectivity index (χ0v) is 17.4. The molecule has 0 unspecified atom stereocenters. The molecule has 0 aliphatic heterocycles. The number of para-hydroxylation sites is 1. The second kappa shape index (κ2) is 10.1. The molecule has 0 aliphatic rings. The van der Waals surface area contributed by atoms with Gasteiger partial charge in [-0.3, -0.25) is 10.1 Å². The number of rotatable bonds is 7. The average Bonchev–Trinajstić information content (AvgIpc) is 3.53. The predicted octanol–water partition coefficient (Wildman–Crippen LogP) is 3.32. The number of carbonyl (C=O) groups is 3. The Labute approximate surface area is 189 Å². The maximum Gasteiger partial charge on any atom is 0.342 e. The predicted molar refractivity (Wildman–Crippen MR) is 118 cm³/mol. The second-order valence-corrected chi connectivity index (χ2v) is 6.92. The Balaban J connectivity index is 1.42. The van der Waals surface area contributed by atoms with Crippen LogP contribution in [-0.4, -0.2) is 34.3 Å². The van der Waals surface area contributed by atoms with Crippen LogP contribution in [0.5, 0.6) is 0 Å². The number of nitrogens with one attached hydrogen (secondary N) is 2. The summed E-state index contributed by atoms with van der Waals surface area (Å²) in [6.45, 7) is -0.511. The van der Waals surface area contributed by atoms with Crippen LogP contribution in [0.3, 0.4) is 0 Å². The van der Waals surface area contributed by atoms with E-state index in [1.54, 1.807) is 23.0 Å². The van der Waals surface area contributed by atoms with Crippen LogP contribution < -0.4 is 10.6 Å². The Morgan fingerprint density at radius 1 is 0.939 bits per heavy atom. The van der Waals surface area contributed by atoms with Crippen molar-refractivity contribution in [1.29, 1.82) is 0 Å². The number of esters is 1. The van der Waals surface area contributed by atoms with Crippen LogP contribution in [0.25, 0.3) is 16.9 Å². The number of ether oxygens (including phenoxy) is 1. The fourth-order valence-corrected chi connectivity index (χ4v) is 3.04. The number of urea groups is 1. The summed E-state index contributed by atoms with van der Waals surface area (Å²) in [6.07, 6.45) is 3.02. The molecule has 3 amide bonds. The van der Waals surface area contributed by atoms with Crippen molar-refractivity contribution in [3.05, 3.63) is 96.6 Å². The minimum absolute atomic E-state index is 0.116. The molecular formula is C24H20N4O5. The summed E-state index contributed by atoms with van der Waals surface area (Å²) in [6, 6.07) is 21.1. The highest BCUT2D eigenvalue weighted by Gasteiger charge is 2.21. The smallest absolute Gasteiger partial charge is 0.342 e. The van der Waals surface area contributed by atoms with Crippen molar-refractivity contribution in [2.75, 3.05) is 6.61 Å². The summed E-state index contributed by atoms with van der Waals surface area (Å²) in [4.78, 5) is 36.6. The van der Waals surface area contributed by atoms with Gasteiger partial charge in [-0.1, -0.05) is 48.5 Å². The first kappa shape index (κ1) is 21.6. The highest BCUT2D eigenvalue weighted by molar-refractivity contribution is 5.99. The molecule has 4 rings (SSSR count). The van der Waals surface area contributed by atoms with Crippen LogP contribution >= 0.6 is 0 Å². The van der Waals surface area contributed by atoms with E-state index in [9.17, 15) is 14.4 Å². The fourth-order valence-electron chi connectivity index (χ4n) is 3.04. The van der Waals surface area contributed by atoms with Gasteiger partial charge in [0, 0.05) is 11.8 Å². The molecule has 0 radical (unpaired) electrons. The molecule has 0 atom stereocenters. The van der Waals surface area contributed by atoms with E-state index in [4.69, 9.17) is 9.15 Å². The van der Waals surface area contributed by atoms with Crippen molar-refractivity contribution < 1.29 is 23.5 Å². The molecule has 0 aliphatic carbocycles. The quantitative estimate of drug-likeness (QED) is 0.423. The molecule has 2 aromatic heterocycles. The maximum atomic E-state index is 12.8. The summed E-state index contributed by atoms with van der Waals surface area (Å²) < 4.78 is 11.8. The number of hydrogen-bond donors (Lipinski definition) is 2. The third-order valence-electron chi connectivity index (χ3n) is 4.59. The Hall–Kier alpha value is -4.66. The van der Waals surface area contributed by atoms with E-state index in [1.807, 2.05) is 60.7 Å². The first-order valence-electron chi connectivity index (χ1n) is 10.1. The van der Waals surface area contributed by atoms with Crippen LogP contribution in [0, 0.1) is 0 Å². The zero-order chi connectivity index (χ0) is 23.0. The van der Waals surface area contributed by atoms with Gasteiger partial charge in [0.1, 0.15) is 17.0 Å². The van der Waals surface area contributed by atoms with Crippen molar-refractivity contribution in [2.24, 2.45) is 0 Å². The number of aromatic nitrogens is 2. The van der Waals surface area contributed by atoms with Crippen molar-refractivity contribution in [2.45, 2.75) is 6.54 Å². The minimum atomic E-state index is -0.767. The van der Waals surface area contributed by atoms with Crippen LogP contribution in [0.15, 0.2) is 89.7 Å². The molecule has 0 saturated heterocycles. The lowest BCUT2D eigenvalue weighted by Gasteiger charge is -2.07. The average molecular weight is 444 g/mol. The molecule has 166 valence electrons. The first-order valence-corrected chi connectivity index (χ1v) is 10.1. The van der Waals surface area contributed by atoms with Gasteiger partial charge in [0.2, 0.25) is 0 Å². The van der Waals surface area contributed by atoms with E-state index < -0.39 is 24.5 Å². The summed E-state index contributed by atoms with van der Waals surface area (Å²) in [5.74, 6) is -0.966. The van der Waals surface area contributed by atoms with Gasteiger partial charge < -0.3 is 14.5 Å². The summed E-state index contributed by atoms with van der Waals surface area (Å²) in [5, 5.41) is 9.11. The summed E-state index contributed by atoms with van der Waals surface area (Å²) in [7, 11) is 0. The van der Waals surface area contributed by atoms with Gasteiger partial charge in [-0.25, -0.2) is 14.3 Å². The molecule has 4 aromatic rings. The Kier molecular flexibility index (Phi) is 6.60. The van der Waals surface area contributed by atoms with Gasteiger partial charge in [-0.2, -0.15) is 5.10 Å². The number of benzene rings is 2. The largest absolute Gasteiger partial charge is 0.467 e. The molecule has 9 nitrogen and oxygen atoms in total. The van der Waals surface area contributed by atoms with Gasteiger partial charge in [-0.15, -0.1) is 0 Å². The van der Waals surface area contributed by atoms with E-state index in [1.165, 1.54) is 6.26 Å². The van der Waals surface area contributed by atoms with Crippen molar-refractivity contribution in [3.63, 3.8) is 0 Å². The van der Waals surface area contributed by atoms with Gasteiger partial charge in [0.25, 0.3) is 5.91 Å². The van der Waals surface area contributed by atoms with E-state index in [0.29, 0.717) is 11.5 Å². The Morgan fingerprint density at radius 3 is 2.36 bits per heavy atom. The first-order chi connectivity index (χ1) is 16.1. The number of amides is 3. The molecule has 0 spiro atoms. The van der Waals surface area contributed by atoms with Crippen molar-refractivity contribution in [3.8, 4) is 16.9 Å². The summed E-state index contributed by atoms with van der Waals surface area (Å²) in [5.41, 5.74) is 2.10. The standard InChI is InChI=1S/C24H20N4O5/c29-21(26-24(31)25-14-19-12-7-13-32-19)16-33-23(30)20-15-28(18-10-5-2-6-11-18)27-22(20)17-8-3-1-4-9-17/h1-13,15H,14,16H2,(H2,25,26,29,31). The number of nitrogens with zero attached hydrogens (tertiary/aromatic N) is 2. The van der Waals surface area contributed by atoms with Crippen LogP contribution in [0.4, 0.5) is 4.79 Å². The zero-order valence-electron chi connectivity index (χ0n) is 17.4. The SMILES string of the molecule is O=C(COC(=O)c1cn(-c2ccccc2)nc1-c1ccccc1)NC(=O)NCc1ccco1. The molecule has 2 heterocycles. The van der Waals surface area contributed by atoms with Crippen LogP contribution in [0.2, 0.25) is 0 Å². The second-order valence-electron chi connectivity index (χ2n) is 6.92. The molecule has 33 heavy (non-hydrogen) atoms. The summed E-state index contributed by atoms with van der Waals surface area (Å²) >= 11 is 0. The molecule has 0 fully saturated rings. The number of carbonyl (C=O) groups excluding carboxylic acids is 3. The lowest BCUT2D eigenvalue weighted by atomic mass is 10.1. The molecule has 0 bridgehead atoms. The van der Waals surface area contributed by atoms with Crippen molar-refractivity contribution >= 4 is 17.9 Å². The van der Waals surface area contributed by atoms with Gasteiger partial charge in [-0.05, 0) is 24.3 Å². The molecular weight excluding hydrogens is 424 g/mol. The number of hydrogen-bond acceptors (Lipinski definition) is 6. The van der Waals surface area contributed by atoms with E-state index in [2.05, 4.69) is 15.7 Å². The lowest BCUT2D eigenvalue weighted by molar-refractivity contribution is -0.123. The fraction of sp³-hybridized carbons (Fsp3) is 0.0833. The monoisotopic (exact) mass is 444 g/mol.